The number of ether oxygens (including phenoxy) is 2. The number of rotatable bonds is 8. The van der Waals surface area contributed by atoms with Crippen LogP contribution in [-0.2, 0) is 17.4 Å². The Morgan fingerprint density at radius 1 is 1.09 bits per heavy atom. The molecule has 1 unspecified atom stereocenters. The van der Waals surface area contributed by atoms with Crippen molar-refractivity contribution in [3.05, 3.63) is 63.1 Å². The minimum Gasteiger partial charge on any atom is -0.493 e. The Kier molecular flexibility index (Phi) is 7.72. The van der Waals surface area contributed by atoms with Crippen LogP contribution in [0.2, 0.25) is 0 Å². The summed E-state index contributed by atoms with van der Waals surface area (Å²) in [6.07, 6.45) is -4.39. The van der Waals surface area contributed by atoms with Gasteiger partial charge in [-0.3, -0.25) is 14.2 Å². The highest BCUT2D eigenvalue weighted by Gasteiger charge is 2.38. The van der Waals surface area contributed by atoms with Gasteiger partial charge in [-0.1, -0.05) is 13.0 Å². The molecule has 1 heterocycles. The van der Waals surface area contributed by atoms with E-state index < -0.39 is 29.4 Å². The maximum Gasteiger partial charge on any atom is 0.438 e. The average Bonchev–Trinajstić information content (AvgIpc) is 2.81. The van der Waals surface area contributed by atoms with Crippen molar-refractivity contribution in [3.63, 3.8) is 0 Å². The number of carbonyl (C=O) groups is 1. The molecule has 0 saturated carbocycles. The maximum absolute atomic E-state index is 13.6. The van der Waals surface area contributed by atoms with Crippen LogP contribution in [0.5, 0.6) is 11.5 Å². The van der Waals surface area contributed by atoms with E-state index in [1.165, 1.54) is 20.3 Å². The molecule has 0 bridgehead atoms. The van der Waals surface area contributed by atoms with Crippen molar-refractivity contribution in [2.75, 3.05) is 20.8 Å². The highest BCUT2D eigenvalue weighted by Crippen LogP contribution is 2.29. The van der Waals surface area contributed by atoms with Crippen molar-refractivity contribution in [2.24, 2.45) is 0 Å². The number of methoxy groups -OCH3 is 2. The zero-order valence-electron chi connectivity index (χ0n) is 20.2. The number of alkyl halides is 3. The van der Waals surface area contributed by atoms with Gasteiger partial charge in [-0.25, -0.2) is 4.98 Å². The molecule has 1 aromatic heterocycles. The molecule has 188 valence electrons. The van der Waals surface area contributed by atoms with Gasteiger partial charge in [0.2, 0.25) is 11.6 Å². The van der Waals surface area contributed by atoms with Crippen molar-refractivity contribution < 1.29 is 27.4 Å². The molecule has 0 spiro atoms. The molecule has 2 aromatic carbocycles. The van der Waals surface area contributed by atoms with Gasteiger partial charge in [-0.15, -0.1) is 0 Å². The summed E-state index contributed by atoms with van der Waals surface area (Å²) in [7, 11) is 3.05. The fraction of sp³-hybridized carbons (Fsp3) is 0.400. The second kappa shape index (κ2) is 10.4. The van der Waals surface area contributed by atoms with E-state index in [0.717, 1.165) is 21.3 Å². The molecule has 0 aliphatic rings. The van der Waals surface area contributed by atoms with Crippen LogP contribution in [0.15, 0.2) is 35.1 Å². The second-order valence-corrected chi connectivity index (χ2v) is 8.21. The quantitative estimate of drug-likeness (QED) is 0.506. The fourth-order valence-electron chi connectivity index (χ4n) is 3.92. The van der Waals surface area contributed by atoms with Gasteiger partial charge in [0.15, 0.2) is 11.5 Å². The smallest absolute Gasteiger partial charge is 0.438 e. The van der Waals surface area contributed by atoms with Crippen LogP contribution in [0.3, 0.4) is 0 Å². The SMILES string of the molecule is CCC(C(=O)NCCc1ccc(OC)c(OC)c1)n1c(=O)c(C(F)(F)F)nc2cc(C)c(C)cc21. The Labute approximate surface area is 200 Å². The number of nitrogens with zero attached hydrogens (tertiary/aromatic N) is 2. The number of carbonyl (C=O) groups excluding carboxylic acids is 1. The van der Waals surface area contributed by atoms with E-state index in [2.05, 4.69) is 10.3 Å². The molecule has 10 heteroatoms. The van der Waals surface area contributed by atoms with Gasteiger partial charge in [0.1, 0.15) is 6.04 Å². The van der Waals surface area contributed by atoms with Crippen molar-refractivity contribution in [3.8, 4) is 11.5 Å². The summed E-state index contributed by atoms with van der Waals surface area (Å²) in [6, 6.07) is 7.31. The first-order valence-electron chi connectivity index (χ1n) is 11.1. The summed E-state index contributed by atoms with van der Waals surface area (Å²) in [6.45, 7) is 5.39. The van der Waals surface area contributed by atoms with Crippen LogP contribution in [0.1, 0.15) is 41.8 Å². The maximum atomic E-state index is 13.6. The van der Waals surface area contributed by atoms with E-state index in [0.29, 0.717) is 17.9 Å². The molecular weight excluding hydrogens is 463 g/mol. The molecular formula is C25H28F3N3O4. The third-order valence-corrected chi connectivity index (χ3v) is 5.93. The lowest BCUT2D eigenvalue weighted by Crippen LogP contribution is -2.40. The largest absolute Gasteiger partial charge is 0.493 e. The number of amides is 1. The molecule has 1 amide bonds. The molecule has 0 aliphatic carbocycles. The van der Waals surface area contributed by atoms with Gasteiger partial charge in [0, 0.05) is 6.54 Å². The molecule has 3 aromatic rings. The molecule has 0 fully saturated rings. The number of benzene rings is 2. The van der Waals surface area contributed by atoms with Gasteiger partial charge < -0.3 is 14.8 Å². The minimum absolute atomic E-state index is 0.0107. The first-order chi connectivity index (χ1) is 16.5. The molecule has 0 saturated heterocycles. The fourth-order valence-corrected chi connectivity index (χ4v) is 3.92. The Bertz CT molecular complexity index is 1300. The van der Waals surface area contributed by atoms with Crippen LogP contribution in [0.4, 0.5) is 13.2 Å². The van der Waals surface area contributed by atoms with Crippen LogP contribution in [0, 0.1) is 13.8 Å². The van der Waals surface area contributed by atoms with Gasteiger partial charge >= 0.3 is 6.18 Å². The Morgan fingerprint density at radius 2 is 1.74 bits per heavy atom. The van der Waals surface area contributed by atoms with Gasteiger partial charge in [-0.05, 0) is 67.6 Å². The summed E-state index contributed by atoms with van der Waals surface area (Å²) in [5.74, 6) is 0.568. The summed E-state index contributed by atoms with van der Waals surface area (Å²) in [4.78, 5) is 29.6. The van der Waals surface area contributed by atoms with Crippen molar-refractivity contribution in [2.45, 2.75) is 45.8 Å². The topological polar surface area (TPSA) is 82.5 Å². The lowest BCUT2D eigenvalue weighted by atomic mass is 10.1. The summed E-state index contributed by atoms with van der Waals surface area (Å²) >= 11 is 0. The van der Waals surface area contributed by atoms with Gasteiger partial charge in [-0.2, -0.15) is 13.2 Å². The molecule has 35 heavy (non-hydrogen) atoms. The van der Waals surface area contributed by atoms with Crippen LogP contribution >= 0.6 is 0 Å². The number of fused-ring (bicyclic) bond motifs is 1. The predicted molar refractivity (Wildman–Crippen MR) is 126 cm³/mol. The summed E-state index contributed by atoms with van der Waals surface area (Å²) < 4.78 is 52.3. The van der Waals surface area contributed by atoms with Crippen molar-refractivity contribution >= 4 is 16.9 Å². The van der Waals surface area contributed by atoms with Gasteiger partial charge in [0.25, 0.3) is 5.56 Å². The standard InChI is InChI=1S/C25H28F3N3O4/c1-6-18(23(32)29-10-9-16-7-8-20(34-4)21(13-16)35-5)31-19-12-15(3)14(2)11-17(19)30-22(24(31)33)25(26,27)28/h7-8,11-13,18H,6,9-10H2,1-5H3,(H,29,32). The summed E-state index contributed by atoms with van der Waals surface area (Å²) in [5.41, 5.74) is -0.302. The second-order valence-electron chi connectivity index (χ2n) is 8.21. The number of nitrogens with one attached hydrogen (secondary N) is 1. The van der Waals surface area contributed by atoms with E-state index in [4.69, 9.17) is 9.47 Å². The third-order valence-electron chi connectivity index (χ3n) is 5.93. The molecule has 0 aliphatic heterocycles. The zero-order chi connectivity index (χ0) is 25.9. The molecule has 0 radical (unpaired) electrons. The minimum atomic E-state index is -4.95. The molecule has 3 rings (SSSR count). The first-order valence-corrected chi connectivity index (χ1v) is 11.1. The highest BCUT2D eigenvalue weighted by molar-refractivity contribution is 5.84. The van der Waals surface area contributed by atoms with E-state index in [1.54, 1.807) is 39.0 Å². The number of aromatic nitrogens is 2. The van der Waals surface area contributed by atoms with E-state index >= 15 is 0 Å². The summed E-state index contributed by atoms with van der Waals surface area (Å²) in [5, 5.41) is 2.75. The highest BCUT2D eigenvalue weighted by atomic mass is 19.4. The normalized spacial score (nSPS) is 12.5. The lowest BCUT2D eigenvalue weighted by molar-refractivity contribution is -0.142. The van der Waals surface area contributed by atoms with E-state index in [9.17, 15) is 22.8 Å². The number of hydrogen-bond acceptors (Lipinski definition) is 5. The predicted octanol–water partition coefficient (Wildman–Crippen LogP) is 4.36. The molecule has 1 N–H and O–H groups in total. The van der Waals surface area contributed by atoms with Crippen LogP contribution in [0.25, 0.3) is 11.0 Å². The Hall–Kier alpha value is -3.56. The zero-order valence-corrected chi connectivity index (χ0v) is 20.2. The van der Waals surface area contributed by atoms with E-state index in [1.807, 2.05) is 6.07 Å². The Balaban J connectivity index is 1.94. The number of hydrogen-bond donors (Lipinski definition) is 1. The van der Waals surface area contributed by atoms with E-state index in [-0.39, 0.29) is 24.0 Å². The Morgan fingerprint density at radius 3 is 2.34 bits per heavy atom. The average molecular weight is 492 g/mol. The van der Waals surface area contributed by atoms with Crippen LogP contribution < -0.4 is 20.3 Å². The lowest BCUT2D eigenvalue weighted by Gasteiger charge is -2.22. The van der Waals surface area contributed by atoms with Crippen LogP contribution in [-0.4, -0.2) is 36.2 Å². The van der Waals surface area contributed by atoms with Crippen molar-refractivity contribution in [1.29, 1.82) is 0 Å². The number of halogens is 3. The third kappa shape index (κ3) is 5.41. The first kappa shape index (κ1) is 26.1. The van der Waals surface area contributed by atoms with Crippen molar-refractivity contribution in [1.82, 2.24) is 14.9 Å². The molecule has 7 nitrogen and oxygen atoms in total. The molecule has 1 atom stereocenters. The number of aryl methyl sites for hydroxylation is 2. The monoisotopic (exact) mass is 491 g/mol. The van der Waals surface area contributed by atoms with Gasteiger partial charge in [0.05, 0.1) is 25.3 Å².